The molecular weight excluding hydrogens is 300 g/mol. The molecule has 2 rings (SSSR count). The van der Waals surface area contributed by atoms with Gasteiger partial charge in [-0.2, -0.15) is 0 Å². The number of ketones is 1. The van der Waals surface area contributed by atoms with Gasteiger partial charge in [0.2, 0.25) is 0 Å². The average molecular weight is 317 g/mol. The minimum atomic E-state index is 0.237. The number of hydrogen-bond donors (Lipinski definition) is 0. The van der Waals surface area contributed by atoms with Crippen LogP contribution in [0.15, 0.2) is 53.0 Å². The summed E-state index contributed by atoms with van der Waals surface area (Å²) in [4.78, 5) is 12.2. The molecule has 0 aliphatic rings. The first-order valence-electron chi connectivity index (χ1n) is 6.50. The Hall–Kier alpha value is -1.41. The molecule has 0 saturated carbocycles. The van der Waals surface area contributed by atoms with Crippen LogP contribution in [0, 0.1) is 6.92 Å². The van der Waals surface area contributed by atoms with E-state index in [4.69, 9.17) is 0 Å². The summed E-state index contributed by atoms with van der Waals surface area (Å²) in [6.45, 7) is 1.98. The number of halogens is 1. The molecular formula is C17H17BrO. The summed E-state index contributed by atoms with van der Waals surface area (Å²) < 4.78 is 1.02. The summed E-state index contributed by atoms with van der Waals surface area (Å²) in [7, 11) is 0. The molecule has 0 saturated heterocycles. The van der Waals surface area contributed by atoms with Gasteiger partial charge in [-0.1, -0.05) is 52.3 Å². The van der Waals surface area contributed by atoms with Crippen LogP contribution in [0.1, 0.15) is 34.3 Å². The lowest BCUT2D eigenvalue weighted by Gasteiger charge is -2.05. The van der Waals surface area contributed by atoms with Crippen LogP contribution in [0.3, 0.4) is 0 Å². The van der Waals surface area contributed by atoms with E-state index in [0.29, 0.717) is 6.42 Å². The molecule has 0 unspecified atom stereocenters. The van der Waals surface area contributed by atoms with Gasteiger partial charge < -0.3 is 0 Å². The smallest absolute Gasteiger partial charge is 0.163 e. The van der Waals surface area contributed by atoms with Gasteiger partial charge in [0, 0.05) is 16.5 Å². The largest absolute Gasteiger partial charge is 0.294 e. The minimum absolute atomic E-state index is 0.237. The molecule has 2 aromatic rings. The topological polar surface area (TPSA) is 17.1 Å². The van der Waals surface area contributed by atoms with Crippen molar-refractivity contribution in [3.05, 3.63) is 69.7 Å². The molecule has 0 aromatic heterocycles. The molecule has 0 amide bonds. The van der Waals surface area contributed by atoms with Crippen LogP contribution in [0.2, 0.25) is 0 Å². The predicted octanol–water partition coefficient (Wildman–Crippen LogP) is 4.96. The second-order valence-electron chi connectivity index (χ2n) is 4.72. The van der Waals surface area contributed by atoms with E-state index >= 15 is 0 Å². The van der Waals surface area contributed by atoms with E-state index in [0.717, 1.165) is 28.4 Å². The van der Waals surface area contributed by atoms with Crippen LogP contribution >= 0.6 is 15.9 Å². The van der Waals surface area contributed by atoms with E-state index in [9.17, 15) is 4.79 Å². The molecule has 1 nitrogen and oxygen atoms in total. The first-order valence-corrected chi connectivity index (χ1v) is 7.29. The fourth-order valence-corrected chi connectivity index (χ4v) is 2.65. The molecule has 0 radical (unpaired) electrons. The normalized spacial score (nSPS) is 10.4. The summed E-state index contributed by atoms with van der Waals surface area (Å²) in [5.74, 6) is 0.237. The van der Waals surface area contributed by atoms with Crippen molar-refractivity contribution in [2.75, 3.05) is 0 Å². The fourth-order valence-electron chi connectivity index (χ4n) is 2.17. The van der Waals surface area contributed by atoms with E-state index in [2.05, 4.69) is 28.1 Å². The third kappa shape index (κ3) is 4.03. The van der Waals surface area contributed by atoms with Crippen molar-refractivity contribution in [3.63, 3.8) is 0 Å². The Balaban J connectivity index is 1.91. The highest BCUT2D eigenvalue weighted by atomic mass is 79.9. The van der Waals surface area contributed by atoms with Crippen molar-refractivity contribution in [2.24, 2.45) is 0 Å². The SMILES string of the molecule is Cc1cc(Br)ccc1C(=O)CCCc1ccccc1. The van der Waals surface area contributed by atoms with E-state index < -0.39 is 0 Å². The van der Waals surface area contributed by atoms with Crippen LogP contribution in [-0.2, 0) is 6.42 Å². The number of rotatable bonds is 5. The van der Waals surface area contributed by atoms with Gasteiger partial charge in [0.15, 0.2) is 5.78 Å². The quantitative estimate of drug-likeness (QED) is 0.712. The van der Waals surface area contributed by atoms with E-state index in [1.807, 2.05) is 43.3 Å². The van der Waals surface area contributed by atoms with E-state index in [1.165, 1.54) is 5.56 Å². The van der Waals surface area contributed by atoms with Crippen LogP contribution in [0.25, 0.3) is 0 Å². The van der Waals surface area contributed by atoms with Gasteiger partial charge in [-0.25, -0.2) is 0 Å². The lowest BCUT2D eigenvalue weighted by atomic mass is 9.99. The summed E-state index contributed by atoms with van der Waals surface area (Å²) in [5.41, 5.74) is 3.18. The molecule has 2 aromatic carbocycles. The zero-order chi connectivity index (χ0) is 13.7. The second kappa shape index (κ2) is 6.67. The van der Waals surface area contributed by atoms with Gasteiger partial charge in [-0.05, 0) is 43.0 Å². The van der Waals surface area contributed by atoms with E-state index in [1.54, 1.807) is 0 Å². The van der Waals surface area contributed by atoms with Gasteiger partial charge in [-0.3, -0.25) is 4.79 Å². The molecule has 19 heavy (non-hydrogen) atoms. The molecule has 0 atom stereocenters. The van der Waals surface area contributed by atoms with Crippen LogP contribution in [0.4, 0.5) is 0 Å². The molecule has 0 spiro atoms. The zero-order valence-corrected chi connectivity index (χ0v) is 12.6. The van der Waals surface area contributed by atoms with Gasteiger partial charge in [0.05, 0.1) is 0 Å². The van der Waals surface area contributed by atoms with Crippen LogP contribution < -0.4 is 0 Å². The maximum Gasteiger partial charge on any atom is 0.163 e. The van der Waals surface area contributed by atoms with Gasteiger partial charge in [0.1, 0.15) is 0 Å². The predicted molar refractivity (Wildman–Crippen MR) is 82.6 cm³/mol. The molecule has 0 heterocycles. The van der Waals surface area contributed by atoms with Crippen molar-refractivity contribution in [1.29, 1.82) is 0 Å². The molecule has 0 N–H and O–H groups in total. The Morgan fingerprint density at radius 2 is 1.84 bits per heavy atom. The number of carbonyl (C=O) groups excluding carboxylic acids is 1. The van der Waals surface area contributed by atoms with E-state index in [-0.39, 0.29) is 5.78 Å². The fraction of sp³-hybridized carbons (Fsp3) is 0.235. The molecule has 0 aliphatic carbocycles. The Morgan fingerprint density at radius 1 is 1.11 bits per heavy atom. The molecule has 0 fully saturated rings. The molecule has 0 aliphatic heterocycles. The minimum Gasteiger partial charge on any atom is -0.294 e. The number of benzene rings is 2. The summed E-state index contributed by atoms with van der Waals surface area (Å²) >= 11 is 3.42. The Labute approximate surface area is 122 Å². The maximum atomic E-state index is 12.2. The molecule has 0 bridgehead atoms. The summed E-state index contributed by atoms with van der Waals surface area (Å²) in [6.07, 6.45) is 2.47. The lowest BCUT2D eigenvalue weighted by Crippen LogP contribution is -2.02. The Kier molecular flexibility index (Phi) is 4.92. The van der Waals surface area contributed by atoms with Gasteiger partial charge in [-0.15, -0.1) is 0 Å². The summed E-state index contributed by atoms with van der Waals surface area (Å²) in [6, 6.07) is 16.1. The van der Waals surface area contributed by atoms with Crippen molar-refractivity contribution >= 4 is 21.7 Å². The van der Waals surface area contributed by atoms with Crippen molar-refractivity contribution in [3.8, 4) is 0 Å². The second-order valence-corrected chi connectivity index (χ2v) is 5.64. The van der Waals surface area contributed by atoms with Crippen molar-refractivity contribution in [2.45, 2.75) is 26.2 Å². The molecule has 98 valence electrons. The third-order valence-corrected chi connectivity index (χ3v) is 3.69. The van der Waals surface area contributed by atoms with Gasteiger partial charge >= 0.3 is 0 Å². The third-order valence-electron chi connectivity index (χ3n) is 3.20. The number of hydrogen-bond acceptors (Lipinski definition) is 1. The summed E-state index contributed by atoms with van der Waals surface area (Å²) in [5, 5.41) is 0. The highest BCUT2D eigenvalue weighted by molar-refractivity contribution is 9.10. The Morgan fingerprint density at radius 3 is 2.53 bits per heavy atom. The standard InChI is InChI=1S/C17H17BrO/c1-13-12-15(18)10-11-16(13)17(19)9-5-8-14-6-3-2-4-7-14/h2-4,6-7,10-12H,5,8-9H2,1H3. The highest BCUT2D eigenvalue weighted by Crippen LogP contribution is 2.18. The van der Waals surface area contributed by atoms with Crippen LogP contribution in [0.5, 0.6) is 0 Å². The number of carbonyl (C=O) groups is 1. The first-order chi connectivity index (χ1) is 9.16. The maximum absolute atomic E-state index is 12.2. The van der Waals surface area contributed by atoms with Crippen molar-refractivity contribution in [1.82, 2.24) is 0 Å². The monoisotopic (exact) mass is 316 g/mol. The first kappa shape index (κ1) is 14.0. The van der Waals surface area contributed by atoms with Crippen LogP contribution in [-0.4, -0.2) is 5.78 Å². The lowest BCUT2D eigenvalue weighted by molar-refractivity contribution is 0.0979. The zero-order valence-electron chi connectivity index (χ0n) is 11.0. The molecule has 2 heteroatoms. The average Bonchev–Trinajstić information content (AvgIpc) is 2.39. The number of Topliss-reactive ketones (excluding diaryl/α,β-unsaturated/α-hetero) is 1. The number of aryl methyl sites for hydroxylation is 2. The highest BCUT2D eigenvalue weighted by Gasteiger charge is 2.08. The van der Waals surface area contributed by atoms with Gasteiger partial charge in [0.25, 0.3) is 0 Å². The van der Waals surface area contributed by atoms with Crippen molar-refractivity contribution < 1.29 is 4.79 Å². The Bertz CT molecular complexity index is 561.